The fraction of sp³-hybridized carbons (Fsp3) is 0.233. The number of furan rings is 1. The van der Waals surface area contributed by atoms with Crippen molar-refractivity contribution in [1.82, 2.24) is 4.57 Å². The smallest absolute Gasteiger partial charge is 0.338 e. The van der Waals surface area contributed by atoms with E-state index in [0.717, 1.165) is 16.5 Å². The maximum Gasteiger partial charge on any atom is 0.338 e. The number of allylic oxidation sites excluding steroid dienone is 1. The van der Waals surface area contributed by atoms with Crippen molar-refractivity contribution in [3.63, 3.8) is 0 Å². The molecule has 7 nitrogen and oxygen atoms in total. The molecule has 0 N–H and O–H groups in total. The van der Waals surface area contributed by atoms with Crippen molar-refractivity contribution in [3.8, 4) is 17.1 Å². The normalized spacial score (nSPS) is 15.1. The summed E-state index contributed by atoms with van der Waals surface area (Å²) in [5.74, 6) is 1.17. The highest BCUT2D eigenvalue weighted by Crippen LogP contribution is 2.38. The second kappa shape index (κ2) is 12.0. The molecule has 0 radical (unpaired) electrons. The van der Waals surface area contributed by atoms with Crippen molar-refractivity contribution in [3.05, 3.63) is 106 Å². The lowest BCUT2D eigenvalue weighted by atomic mass is 9.93. The Morgan fingerprint density at radius 1 is 1.20 bits per heavy atom. The van der Waals surface area contributed by atoms with Crippen molar-refractivity contribution >= 4 is 50.9 Å². The highest BCUT2D eigenvalue weighted by Gasteiger charge is 2.36. The first kappa shape index (κ1) is 28.1. The minimum absolute atomic E-state index is 0.185. The van der Waals surface area contributed by atoms with Crippen molar-refractivity contribution in [1.29, 1.82) is 0 Å². The summed E-state index contributed by atoms with van der Waals surface area (Å²) in [6.07, 6.45) is 2.98. The van der Waals surface area contributed by atoms with E-state index in [0.29, 0.717) is 54.9 Å². The molecule has 0 saturated heterocycles. The zero-order valence-corrected chi connectivity index (χ0v) is 25.2. The van der Waals surface area contributed by atoms with Crippen LogP contribution in [0.3, 0.4) is 0 Å². The van der Waals surface area contributed by atoms with Crippen LogP contribution in [0, 0.1) is 0 Å². The summed E-state index contributed by atoms with van der Waals surface area (Å²) in [7, 11) is 1.54. The van der Waals surface area contributed by atoms with Crippen molar-refractivity contribution < 1.29 is 18.7 Å². The number of nitrogens with zero attached hydrogens (tertiary/aromatic N) is 2. The van der Waals surface area contributed by atoms with Crippen molar-refractivity contribution in [2.45, 2.75) is 32.7 Å². The lowest BCUT2D eigenvalue weighted by molar-refractivity contribution is -0.139. The van der Waals surface area contributed by atoms with Gasteiger partial charge in [0.1, 0.15) is 23.3 Å². The molecule has 0 bridgehead atoms. The Labute approximate surface area is 248 Å². The fourth-order valence-electron chi connectivity index (χ4n) is 4.69. The minimum atomic E-state index is -0.832. The largest absolute Gasteiger partial charge is 0.496 e. The van der Waals surface area contributed by atoms with Crippen LogP contribution in [0.1, 0.15) is 44.1 Å². The molecule has 0 spiro atoms. The number of carbonyl (C=O) groups excluding carboxylic acids is 1. The van der Waals surface area contributed by atoms with Crippen LogP contribution in [-0.4, -0.2) is 24.3 Å². The zero-order chi connectivity index (χ0) is 28.4. The number of fused-ring (bicyclic) bond motifs is 1. The average Bonchev–Trinajstić information content (AvgIpc) is 3.52. The second-order valence-corrected chi connectivity index (χ2v) is 11.4. The van der Waals surface area contributed by atoms with Gasteiger partial charge in [0, 0.05) is 26.7 Å². The number of thiazole rings is 1. The van der Waals surface area contributed by atoms with E-state index < -0.39 is 12.0 Å². The summed E-state index contributed by atoms with van der Waals surface area (Å²) in [4.78, 5) is 32.6. The third kappa shape index (κ3) is 5.46. The Hall–Kier alpha value is -3.40. The summed E-state index contributed by atoms with van der Waals surface area (Å²) in [6.45, 7) is 3.94. The number of esters is 1. The third-order valence-corrected chi connectivity index (χ3v) is 8.10. The van der Waals surface area contributed by atoms with Gasteiger partial charge in [-0.25, -0.2) is 9.79 Å². The van der Waals surface area contributed by atoms with E-state index in [2.05, 4.69) is 15.9 Å². The topological polar surface area (TPSA) is 83.0 Å². The number of aromatic nitrogens is 1. The van der Waals surface area contributed by atoms with Gasteiger partial charge in [-0.15, -0.1) is 0 Å². The predicted molar refractivity (Wildman–Crippen MR) is 159 cm³/mol. The van der Waals surface area contributed by atoms with Gasteiger partial charge in [0.2, 0.25) is 0 Å². The van der Waals surface area contributed by atoms with Gasteiger partial charge in [0.15, 0.2) is 4.80 Å². The van der Waals surface area contributed by atoms with Gasteiger partial charge in [-0.05, 0) is 55.8 Å². The maximum atomic E-state index is 14.0. The number of hydrogen-bond donors (Lipinski definition) is 0. The summed E-state index contributed by atoms with van der Waals surface area (Å²) in [6, 6.07) is 15.8. The Morgan fingerprint density at radius 3 is 2.75 bits per heavy atom. The standard InChI is InChI=1S/C30H26BrClN2O5S/c1-4-7-22-26(29(36)38-5-2)27(21-15-19(32)10-12-24(21)37-3)34-28(35)25(40-30(34)33-22)16-20-11-13-23(39-20)17-8-6-9-18(31)14-17/h6,8-16,27H,4-5,7H2,1-3H3/b25-16+/t27-/m1/s1. The highest BCUT2D eigenvalue weighted by molar-refractivity contribution is 9.10. The summed E-state index contributed by atoms with van der Waals surface area (Å²) < 4.78 is 20.0. The summed E-state index contributed by atoms with van der Waals surface area (Å²) in [5.41, 5.74) is 2.05. The van der Waals surface area contributed by atoms with E-state index in [-0.39, 0.29) is 12.2 Å². The molecular weight excluding hydrogens is 616 g/mol. The maximum absolute atomic E-state index is 14.0. The van der Waals surface area contributed by atoms with Crippen LogP contribution in [0.25, 0.3) is 17.4 Å². The van der Waals surface area contributed by atoms with Crippen LogP contribution in [0.2, 0.25) is 5.02 Å². The molecule has 0 fully saturated rings. The van der Waals surface area contributed by atoms with Crippen LogP contribution in [0.4, 0.5) is 0 Å². The molecule has 10 heteroatoms. The lowest BCUT2D eigenvalue weighted by Crippen LogP contribution is -2.40. The molecule has 206 valence electrons. The molecule has 1 aliphatic heterocycles. The van der Waals surface area contributed by atoms with Crippen LogP contribution < -0.4 is 19.6 Å². The third-order valence-electron chi connectivity index (χ3n) is 6.39. The van der Waals surface area contributed by atoms with E-state index in [1.807, 2.05) is 43.3 Å². The second-order valence-electron chi connectivity index (χ2n) is 9.01. The van der Waals surface area contributed by atoms with Crippen molar-refractivity contribution in [2.75, 3.05) is 13.7 Å². The zero-order valence-electron chi connectivity index (χ0n) is 22.1. The van der Waals surface area contributed by atoms with Crippen LogP contribution in [0.5, 0.6) is 5.75 Å². The number of ether oxygens (including phenoxy) is 2. The Balaban J connectivity index is 1.72. The molecule has 40 heavy (non-hydrogen) atoms. The number of rotatable bonds is 8. The highest BCUT2D eigenvalue weighted by atomic mass is 79.9. The van der Waals surface area contributed by atoms with E-state index in [9.17, 15) is 9.59 Å². The van der Waals surface area contributed by atoms with Gasteiger partial charge < -0.3 is 13.9 Å². The predicted octanol–water partition coefficient (Wildman–Crippen LogP) is 6.26. The van der Waals surface area contributed by atoms with Gasteiger partial charge in [-0.2, -0.15) is 0 Å². The molecular formula is C30H26BrClN2O5S. The number of methoxy groups -OCH3 is 1. The van der Waals surface area contributed by atoms with E-state index in [1.54, 1.807) is 31.2 Å². The van der Waals surface area contributed by atoms with Crippen LogP contribution in [0.15, 0.2) is 84.5 Å². The van der Waals surface area contributed by atoms with E-state index in [4.69, 9.17) is 30.5 Å². The van der Waals surface area contributed by atoms with Gasteiger partial charge >= 0.3 is 5.97 Å². The van der Waals surface area contributed by atoms with Gasteiger partial charge in [0.25, 0.3) is 5.56 Å². The molecule has 1 atom stereocenters. The summed E-state index contributed by atoms with van der Waals surface area (Å²) >= 11 is 11.1. The average molecular weight is 642 g/mol. The van der Waals surface area contributed by atoms with Gasteiger partial charge in [-0.3, -0.25) is 9.36 Å². The Morgan fingerprint density at radius 2 is 2.02 bits per heavy atom. The molecule has 5 rings (SSSR count). The number of benzene rings is 2. The molecule has 0 amide bonds. The molecule has 0 saturated carbocycles. The fourth-order valence-corrected chi connectivity index (χ4v) is 6.27. The lowest BCUT2D eigenvalue weighted by Gasteiger charge is -2.27. The number of halogens is 2. The molecule has 0 aliphatic carbocycles. The minimum Gasteiger partial charge on any atom is -0.496 e. The first-order valence-electron chi connectivity index (χ1n) is 12.8. The SMILES string of the molecule is CCCC1=C(C(=O)OCC)[C@@H](c2cc(Cl)ccc2OC)n2c(s/c(=C/c3ccc(-c4cccc(Br)c4)o3)c2=O)=N1. The quantitative estimate of drug-likeness (QED) is 0.212. The Bertz CT molecular complexity index is 1800. The molecule has 2 aromatic heterocycles. The monoisotopic (exact) mass is 640 g/mol. The van der Waals surface area contributed by atoms with Crippen LogP contribution >= 0.6 is 38.9 Å². The van der Waals surface area contributed by atoms with Crippen molar-refractivity contribution in [2.24, 2.45) is 4.99 Å². The molecule has 4 aromatic rings. The number of hydrogen-bond acceptors (Lipinski definition) is 7. The van der Waals surface area contributed by atoms with Gasteiger partial charge in [-0.1, -0.05) is 64.3 Å². The molecule has 0 unspecified atom stereocenters. The van der Waals surface area contributed by atoms with E-state index >= 15 is 0 Å². The van der Waals surface area contributed by atoms with Gasteiger partial charge in [0.05, 0.1) is 29.5 Å². The molecule has 2 aromatic carbocycles. The summed E-state index contributed by atoms with van der Waals surface area (Å²) in [5, 5.41) is 0.450. The number of carbonyl (C=O) groups is 1. The molecule has 1 aliphatic rings. The Kier molecular flexibility index (Phi) is 8.44. The van der Waals surface area contributed by atoms with E-state index in [1.165, 1.54) is 23.0 Å². The first-order valence-corrected chi connectivity index (χ1v) is 14.7. The molecule has 3 heterocycles. The first-order chi connectivity index (χ1) is 19.3. The van der Waals surface area contributed by atoms with Crippen LogP contribution in [-0.2, 0) is 9.53 Å².